The average Bonchev–Trinajstić information content (AvgIpc) is 3.51. The van der Waals surface area contributed by atoms with Gasteiger partial charge in [0.1, 0.15) is 6.04 Å². The van der Waals surface area contributed by atoms with Gasteiger partial charge >= 0.3 is 0 Å². The summed E-state index contributed by atoms with van der Waals surface area (Å²) in [4.78, 5) is 33.7. The Kier molecular flexibility index (Phi) is 4.59. The number of rotatable bonds is 4. The minimum Gasteiger partial charge on any atom is -0.448 e. The molecule has 3 heterocycles. The Morgan fingerprint density at radius 3 is 2.67 bits per heavy atom. The monoisotopic (exact) mass is 417 g/mol. The predicted molar refractivity (Wildman–Crippen MR) is 117 cm³/mol. The third-order valence-electron chi connectivity index (χ3n) is 5.35. The van der Waals surface area contributed by atoms with E-state index in [0.717, 1.165) is 20.9 Å². The van der Waals surface area contributed by atoms with Crippen LogP contribution in [0.1, 0.15) is 17.0 Å². The normalized spacial score (nSPS) is 16.4. The number of carbonyl (C=O) groups is 2. The molecular formula is C23H19N3O3S. The van der Waals surface area contributed by atoms with Crippen molar-refractivity contribution in [1.82, 2.24) is 9.88 Å². The van der Waals surface area contributed by atoms with Gasteiger partial charge in [-0.3, -0.25) is 9.59 Å². The molecular weight excluding hydrogens is 398 g/mol. The summed E-state index contributed by atoms with van der Waals surface area (Å²) >= 11 is 1.52. The van der Waals surface area contributed by atoms with Gasteiger partial charge in [-0.15, -0.1) is 11.3 Å². The van der Waals surface area contributed by atoms with Gasteiger partial charge in [0.25, 0.3) is 5.91 Å². The Morgan fingerprint density at radius 1 is 1.10 bits per heavy atom. The molecule has 2 aromatic carbocycles. The number of thiazole rings is 1. The van der Waals surface area contributed by atoms with E-state index in [0.29, 0.717) is 18.7 Å². The molecule has 30 heavy (non-hydrogen) atoms. The number of nitrogens with zero attached hydrogens (tertiary/aromatic N) is 3. The van der Waals surface area contributed by atoms with E-state index in [4.69, 9.17) is 4.42 Å². The lowest BCUT2D eigenvalue weighted by Crippen LogP contribution is -2.42. The van der Waals surface area contributed by atoms with Crippen molar-refractivity contribution in [2.45, 2.75) is 12.5 Å². The maximum Gasteiger partial charge on any atom is 0.290 e. The van der Waals surface area contributed by atoms with E-state index in [1.807, 2.05) is 54.6 Å². The van der Waals surface area contributed by atoms with Gasteiger partial charge in [-0.1, -0.05) is 30.3 Å². The van der Waals surface area contributed by atoms with Crippen molar-refractivity contribution in [3.63, 3.8) is 0 Å². The minimum absolute atomic E-state index is 0.0741. The molecule has 1 fully saturated rings. The highest BCUT2D eigenvalue weighted by molar-refractivity contribution is 7.21. The highest BCUT2D eigenvalue weighted by atomic mass is 32.1. The van der Waals surface area contributed by atoms with E-state index in [1.165, 1.54) is 16.2 Å². The van der Waals surface area contributed by atoms with Crippen LogP contribution in [0.4, 0.5) is 5.69 Å². The molecule has 7 heteroatoms. The van der Waals surface area contributed by atoms with Crippen molar-refractivity contribution >= 4 is 39.1 Å². The zero-order chi connectivity index (χ0) is 20.7. The number of hydrogen-bond acceptors (Lipinski definition) is 5. The number of furan rings is 1. The highest BCUT2D eigenvalue weighted by Crippen LogP contribution is 2.32. The maximum absolute atomic E-state index is 13.0. The van der Waals surface area contributed by atoms with Crippen LogP contribution in [0.2, 0.25) is 0 Å². The molecule has 0 radical (unpaired) electrons. The molecule has 0 saturated carbocycles. The first kappa shape index (κ1) is 18.6. The number of carbonyl (C=O) groups excluding carboxylic acids is 2. The van der Waals surface area contributed by atoms with Crippen LogP contribution >= 0.6 is 11.3 Å². The van der Waals surface area contributed by atoms with Gasteiger partial charge in [0.05, 0.1) is 10.2 Å². The molecule has 1 aliphatic rings. The molecule has 1 saturated heterocycles. The van der Waals surface area contributed by atoms with E-state index in [-0.39, 0.29) is 17.6 Å². The SMILES string of the molecule is CN(C(=O)c1ccc(-c2nc3ccccc3s2)o1)C1CCN(c2ccccc2)C1=O. The average molecular weight is 417 g/mol. The molecule has 6 nitrogen and oxygen atoms in total. The molecule has 5 rings (SSSR count). The first-order valence-electron chi connectivity index (χ1n) is 9.71. The van der Waals surface area contributed by atoms with Crippen molar-refractivity contribution in [3.05, 3.63) is 72.5 Å². The first-order valence-corrected chi connectivity index (χ1v) is 10.5. The summed E-state index contributed by atoms with van der Waals surface area (Å²) in [6.07, 6.45) is 0.585. The number of anilines is 1. The molecule has 0 N–H and O–H groups in total. The van der Waals surface area contributed by atoms with Crippen molar-refractivity contribution < 1.29 is 14.0 Å². The number of benzene rings is 2. The predicted octanol–water partition coefficient (Wildman–Crippen LogP) is 4.43. The summed E-state index contributed by atoms with van der Waals surface area (Å²) in [7, 11) is 1.65. The fourth-order valence-corrected chi connectivity index (χ4v) is 4.68. The van der Waals surface area contributed by atoms with Crippen LogP contribution < -0.4 is 4.90 Å². The number of hydrogen-bond donors (Lipinski definition) is 0. The smallest absolute Gasteiger partial charge is 0.290 e. The molecule has 4 aromatic rings. The van der Waals surface area contributed by atoms with Crippen LogP contribution in [0.15, 0.2) is 71.1 Å². The van der Waals surface area contributed by atoms with Gasteiger partial charge in [-0.2, -0.15) is 0 Å². The van der Waals surface area contributed by atoms with E-state index >= 15 is 0 Å². The standard InChI is InChI=1S/C23H19N3O3S/c1-25(17-13-14-26(22(17)27)15-7-3-2-4-8-15)23(28)19-12-11-18(29-19)21-24-16-9-5-6-10-20(16)30-21/h2-12,17H,13-14H2,1H3. The van der Waals surface area contributed by atoms with Crippen LogP contribution in [0, 0.1) is 0 Å². The van der Waals surface area contributed by atoms with E-state index in [1.54, 1.807) is 24.1 Å². The molecule has 2 amide bonds. The summed E-state index contributed by atoms with van der Waals surface area (Å²) in [6, 6.07) is 20.3. The summed E-state index contributed by atoms with van der Waals surface area (Å²) in [5, 5.41) is 0.727. The summed E-state index contributed by atoms with van der Waals surface area (Å²) < 4.78 is 6.88. The summed E-state index contributed by atoms with van der Waals surface area (Å²) in [6.45, 7) is 0.584. The zero-order valence-electron chi connectivity index (χ0n) is 16.3. The summed E-state index contributed by atoms with van der Waals surface area (Å²) in [5.41, 5.74) is 1.75. The van der Waals surface area contributed by atoms with Crippen LogP contribution in [-0.2, 0) is 4.79 Å². The van der Waals surface area contributed by atoms with Gasteiger partial charge in [0, 0.05) is 19.3 Å². The topological polar surface area (TPSA) is 66.7 Å². The lowest BCUT2D eigenvalue weighted by molar-refractivity contribution is -0.120. The Bertz CT molecular complexity index is 1200. The third kappa shape index (κ3) is 3.17. The molecule has 150 valence electrons. The Balaban J connectivity index is 1.34. The van der Waals surface area contributed by atoms with Crippen molar-refractivity contribution in [1.29, 1.82) is 0 Å². The van der Waals surface area contributed by atoms with Crippen molar-refractivity contribution in [2.24, 2.45) is 0 Å². The van der Waals surface area contributed by atoms with Gasteiger partial charge < -0.3 is 14.2 Å². The molecule has 1 atom stereocenters. The fraction of sp³-hybridized carbons (Fsp3) is 0.174. The number of amides is 2. The van der Waals surface area contributed by atoms with Gasteiger partial charge in [0.15, 0.2) is 16.5 Å². The van der Waals surface area contributed by atoms with E-state index in [2.05, 4.69) is 4.98 Å². The lowest BCUT2D eigenvalue weighted by atomic mass is 10.2. The third-order valence-corrected chi connectivity index (χ3v) is 6.41. The van der Waals surface area contributed by atoms with Gasteiger partial charge in [-0.05, 0) is 42.8 Å². The second-order valence-corrected chi connectivity index (χ2v) is 8.23. The molecule has 0 aliphatic carbocycles. The second-order valence-electron chi connectivity index (χ2n) is 7.20. The van der Waals surface area contributed by atoms with Crippen LogP contribution in [-0.4, -0.2) is 41.3 Å². The molecule has 0 spiro atoms. The Morgan fingerprint density at radius 2 is 1.87 bits per heavy atom. The van der Waals surface area contributed by atoms with Crippen LogP contribution in [0.3, 0.4) is 0 Å². The zero-order valence-corrected chi connectivity index (χ0v) is 17.1. The molecule has 1 unspecified atom stereocenters. The minimum atomic E-state index is -0.506. The molecule has 0 bridgehead atoms. The number of likely N-dealkylation sites (N-methyl/N-ethyl adjacent to an activating group) is 1. The van der Waals surface area contributed by atoms with E-state index in [9.17, 15) is 9.59 Å². The molecule has 1 aliphatic heterocycles. The lowest BCUT2D eigenvalue weighted by Gasteiger charge is -2.23. The van der Waals surface area contributed by atoms with Crippen LogP contribution in [0.5, 0.6) is 0 Å². The number of fused-ring (bicyclic) bond motifs is 1. The van der Waals surface area contributed by atoms with Crippen molar-refractivity contribution in [3.8, 4) is 10.8 Å². The van der Waals surface area contributed by atoms with Gasteiger partial charge in [-0.25, -0.2) is 4.98 Å². The second kappa shape index (κ2) is 7.42. The Labute approximate surface area is 177 Å². The van der Waals surface area contributed by atoms with Crippen molar-refractivity contribution in [2.75, 3.05) is 18.5 Å². The van der Waals surface area contributed by atoms with E-state index < -0.39 is 6.04 Å². The fourth-order valence-electron chi connectivity index (χ4n) is 3.75. The number of aromatic nitrogens is 1. The Hall–Kier alpha value is -3.45. The maximum atomic E-state index is 13.0. The quantitative estimate of drug-likeness (QED) is 0.493. The highest BCUT2D eigenvalue weighted by Gasteiger charge is 2.38. The summed E-state index contributed by atoms with van der Waals surface area (Å²) in [5.74, 6) is 0.375. The molecule has 2 aromatic heterocycles. The number of para-hydroxylation sites is 2. The van der Waals surface area contributed by atoms with Crippen LogP contribution in [0.25, 0.3) is 21.0 Å². The van der Waals surface area contributed by atoms with Gasteiger partial charge in [0.2, 0.25) is 5.91 Å². The first-order chi connectivity index (χ1) is 14.6. The largest absolute Gasteiger partial charge is 0.448 e.